The van der Waals surface area contributed by atoms with Gasteiger partial charge in [-0.25, -0.2) is 0 Å². The molecular formula is C14H12Cl3O2V. The second kappa shape index (κ2) is 12.1. The molecule has 0 unspecified atom stereocenters. The second-order valence-electron chi connectivity index (χ2n) is 3.52. The normalized spacial score (nSPS) is 8.00. The zero-order valence-electron chi connectivity index (χ0n) is 10.4. The Bertz CT molecular complexity index is 480. The van der Waals surface area contributed by atoms with Gasteiger partial charge in [-0.3, -0.25) is 0 Å². The summed E-state index contributed by atoms with van der Waals surface area (Å²) in [5.41, 5.74) is 1.84. The van der Waals surface area contributed by atoms with E-state index in [1.165, 1.54) is 5.56 Å². The van der Waals surface area contributed by atoms with Crippen LogP contribution in [0.4, 0.5) is 0 Å². The number of hydrogen-bond acceptors (Lipinski definition) is 2. The van der Waals surface area contributed by atoms with Crippen LogP contribution >= 0.6 is 0 Å². The molecule has 0 N–H and O–H groups in total. The minimum atomic E-state index is -0.424. The van der Waals surface area contributed by atoms with E-state index in [4.69, 9.17) is 3.66 Å². The molecular weight excluding hydrogens is 357 g/mol. The van der Waals surface area contributed by atoms with Gasteiger partial charge in [0.2, 0.25) is 0 Å². The van der Waals surface area contributed by atoms with Crippen molar-refractivity contribution >= 4 is 5.97 Å². The molecule has 0 radical (unpaired) electrons. The number of carbonyl (C=O) groups excluding carboxylic acids is 1. The number of carbonyl (C=O) groups is 1. The van der Waals surface area contributed by atoms with Crippen molar-refractivity contribution in [2.75, 3.05) is 0 Å². The van der Waals surface area contributed by atoms with E-state index in [-0.39, 0.29) is 43.2 Å². The van der Waals surface area contributed by atoms with Crippen molar-refractivity contribution in [2.24, 2.45) is 0 Å². The largest absolute Gasteiger partial charge is 1.00 e. The summed E-state index contributed by atoms with van der Waals surface area (Å²) in [5.74, 6) is -0.221. The van der Waals surface area contributed by atoms with E-state index in [0.29, 0.717) is 5.56 Å². The van der Waals surface area contributed by atoms with Crippen LogP contribution in [0.15, 0.2) is 60.7 Å². The topological polar surface area (TPSA) is 26.3 Å². The Hall–Kier alpha value is -0.636. The van der Waals surface area contributed by atoms with Gasteiger partial charge >= 0.3 is 108 Å². The van der Waals surface area contributed by atoms with Gasteiger partial charge in [-0.15, -0.1) is 0 Å². The molecule has 20 heavy (non-hydrogen) atoms. The summed E-state index contributed by atoms with van der Waals surface area (Å²) in [5, 5.41) is 0.843. The molecule has 0 heterocycles. The molecule has 0 atom stereocenters. The Morgan fingerprint density at radius 2 is 1.35 bits per heavy atom. The third kappa shape index (κ3) is 7.23. The summed E-state index contributed by atoms with van der Waals surface area (Å²) in [4.78, 5) is 11.6. The van der Waals surface area contributed by atoms with Crippen molar-refractivity contribution in [1.29, 1.82) is 0 Å². The van der Waals surface area contributed by atoms with Gasteiger partial charge in [0.05, 0.1) is 0 Å². The third-order valence-corrected chi connectivity index (χ3v) is 3.48. The average molecular weight is 370 g/mol. The first-order valence-electron chi connectivity index (χ1n) is 5.33. The number of rotatable bonds is 4. The Labute approximate surface area is 144 Å². The van der Waals surface area contributed by atoms with Gasteiger partial charge in [0.1, 0.15) is 0 Å². The Morgan fingerprint density at radius 1 is 0.850 bits per heavy atom. The van der Waals surface area contributed by atoms with Crippen molar-refractivity contribution in [3.8, 4) is 0 Å². The monoisotopic (exact) mass is 368 g/mol. The molecule has 6 heteroatoms. The number of hydrogen-bond donors (Lipinski definition) is 0. The van der Waals surface area contributed by atoms with E-state index < -0.39 is 16.6 Å². The molecule has 0 amide bonds. The van der Waals surface area contributed by atoms with Crippen LogP contribution in [0.25, 0.3) is 0 Å². The molecule has 2 aromatic carbocycles. The van der Waals surface area contributed by atoms with E-state index in [2.05, 4.69) is 0 Å². The maximum Gasteiger partial charge on any atom is -1.00 e. The summed E-state index contributed by atoms with van der Waals surface area (Å²) < 4.78 is 5.29. The van der Waals surface area contributed by atoms with Gasteiger partial charge in [-0.1, -0.05) is 0 Å². The smallest absolute Gasteiger partial charge is 1.00 e. The Morgan fingerprint density at radius 3 is 1.90 bits per heavy atom. The SMILES string of the molecule is O=C([O][V+3][CH2]c1ccccc1)c1ccccc1.[Cl-].[Cl-].[Cl-]. The van der Waals surface area contributed by atoms with Crippen LogP contribution in [0.3, 0.4) is 0 Å². The van der Waals surface area contributed by atoms with Gasteiger partial charge in [0.15, 0.2) is 0 Å². The number of halogens is 3. The van der Waals surface area contributed by atoms with Crippen molar-refractivity contribution in [3.63, 3.8) is 0 Å². The maximum atomic E-state index is 11.6. The molecule has 106 valence electrons. The van der Waals surface area contributed by atoms with Gasteiger partial charge in [-0.05, 0) is 0 Å². The van der Waals surface area contributed by atoms with Crippen LogP contribution in [-0.2, 0) is 25.4 Å². The van der Waals surface area contributed by atoms with Crippen LogP contribution < -0.4 is 37.2 Å². The minimum absolute atomic E-state index is 0. The fraction of sp³-hybridized carbons (Fsp3) is 0.0714. The fourth-order valence-corrected chi connectivity index (χ4v) is 2.39. The molecule has 2 nitrogen and oxygen atoms in total. The van der Waals surface area contributed by atoms with Crippen LogP contribution in [0.5, 0.6) is 0 Å². The summed E-state index contributed by atoms with van der Waals surface area (Å²) in [6, 6.07) is 19.2. The van der Waals surface area contributed by atoms with Crippen molar-refractivity contribution in [3.05, 3.63) is 71.8 Å². The molecule has 2 aromatic rings. The first-order chi connectivity index (χ1) is 8.36. The van der Waals surface area contributed by atoms with E-state index in [9.17, 15) is 4.79 Å². The standard InChI is InChI=1S/C7H6O2.C7H7.3ClH.V/c8-7(9)6-4-2-1-3-5-6;1-7-5-3-2-4-6-7;;;;/h1-5H,(H,8,9);2-6H,1H2;3*1H;/q;;;;;+4/p-4. The zero-order chi connectivity index (χ0) is 11.9. The van der Waals surface area contributed by atoms with Crippen LogP contribution in [-0.4, -0.2) is 5.97 Å². The second-order valence-corrected chi connectivity index (χ2v) is 4.70. The molecule has 0 saturated carbocycles. The van der Waals surface area contributed by atoms with E-state index in [1.807, 2.05) is 48.5 Å². The Kier molecular flexibility index (Phi) is 13.1. The molecule has 0 aliphatic heterocycles. The third-order valence-electron chi connectivity index (χ3n) is 2.25. The molecule has 0 aliphatic rings. The van der Waals surface area contributed by atoms with Crippen LogP contribution in [0, 0.1) is 0 Å². The molecule has 0 saturated heterocycles. The first-order valence-corrected chi connectivity index (χ1v) is 6.89. The van der Waals surface area contributed by atoms with Gasteiger partial charge in [0.25, 0.3) is 0 Å². The van der Waals surface area contributed by atoms with Gasteiger partial charge < -0.3 is 37.2 Å². The van der Waals surface area contributed by atoms with Crippen LogP contribution in [0.2, 0.25) is 0 Å². The van der Waals surface area contributed by atoms with Gasteiger partial charge in [-0.2, -0.15) is 0 Å². The maximum absolute atomic E-state index is 11.6. The molecule has 0 bridgehead atoms. The van der Waals surface area contributed by atoms with E-state index in [1.54, 1.807) is 12.1 Å². The molecule has 0 fully saturated rings. The van der Waals surface area contributed by atoms with Gasteiger partial charge in [0, 0.05) is 0 Å². The predicted molar refractivity (Wildman–Crippen MR) is 62.0 cm³/mol. The summed E-state index contributed by atoms with van der Waals surface area (Å²) in [7, 11) is 0. The number of benzene rings is 2. The molecule has 0 spiro atoms. The fourth-order valence-electron chi connectivity index (χ4n) is 1.38. The van der Waals surface area contributed by atoms with Crippen molar-refractivity contribution in [2.45, 2.75) is 5.13 Å². The average Bonchev–Trinajstić information content (AvgIpc) is 2.41. The zero-order valence-corrected chi connectivity index (χ0v) is 14.0. The summed E-state index contributed by atoms with van der Waals surface area (Å²) in [6.45, 7) is 0. The molecule has 0 aliphatic carbocycles. The van der Waals surface area contributed by atoms with Crippen LogP contribution in [0.1, 0.15) is 15.9 Å². The molecule has 0 aromatic heterocycles. The van der Waals surface area contributed by atoms with Crippen molar-refractivity contribution in [1.82, 2.24) is 0 Å². The Balaban J connectivity index is 0. The summed E-state index contributed by atoms with van der Waals surface area (Å²) in [6.07, 6.45) is 0. The molecule has 2 rings (SSSR count). The van der Waals surface area contributed by atoms with E-state index in [0.717, 1.165) is 5.13 Å². The minimum Gasteiger partial charge on any atom is -1.00 e. The quantitative estimate of drug-likeness (QED) is 0.537. The first kappa shape index (κ1) is 21.7. The van der Waals surface area contributed by atoms with E-state index >= 15 is 0 Å². The van der Waals surface area contributed by atoms with Crippen molar-refractivity contribution < 1.29 is 62.3 Å². The predicted octanol–water partition coefficient (Wildman–Crippen LogP) is -5.95. The summed E-state index contributed by atoms with van der Waals surface area (Å²) >= 11 is -0.424.